The topological polar surface area (TPSA) is 107 Å². The lowest BCUT2D eigenvalue weighted by Crippen LogP contribution is -2.28. The van der Waals surface area contributed by atoms with Crippen molar-refractivity contribution < 1.29 is 18.9 Å². The molecule has 2 aromatic carbocycles. The maximum absolute atomic E-state index is 13.4. The number of rotatable bonds is 9. The van der Waals surface area contributed by atoms with Gasteiger partial charge in [0.05, 0.1) is 23.3 Å². The summed E-state index contributed by atoms with van der Waals surface area (Å²) in [6.45, 7) is 7.44. The molecule has 0 spiro atoms. The molecule has 8 nitrogen and oxygen atoms in total. The first-order chi connectivity index (χ1) is 19.7. The second-order valence-corrected chi connectivity index (χ2v) is 12.4. The Labute approximate surface area is 243 Å². The second-order valence-electron chi connectivity index (χ2n) is 11.3. The van der Waals surface area contributed by atoms with E-state index in [4.69, 9.17) is 14.1 Å². The fourth-order valence-corrected chi connectivity index (χ4v) is 6.27. The van der Waals surface area contributed by atoms with Gasteiger partial charge in [-0.1, -0.05) is 32.9 Å². The number of carbonyl (C=O) groups excluding carboxylic acids is 1. The molecule has 1 N–H and O–H groups in total. The maximum atomic E-state index is 13.4. The first-order valence-electron chi connectivity index (χ1n) is 13.6. The molecule has 0 saturated heterocycles. The molecule has 0 bridgehead atoms. The first-order valence-corrected chi connectivity index (χ1v) is 14.4. The van der Waals surface area contributed by atoms with E-state index in [2.05, 4.69) is 26.1 Å². The molecule has 0 unspecified atom stereocenters. The third-order valence-electron chi connectivity index (χ3n) is 7.44. The van der Waals surface area contributed by atoms with Crippen molar-refractivity contribution in [1.29, 1.82) is 0 Å². The van der Waals surface area contributed by atoms with Gasteiger partial charge >= 0.3 is 0 Å². The molecule has 4 aromatic rings. The van der Waals surface area contributed by atoms with E-state index in [1.165, 1.54) is 17.0 Å². The van der Waals surface area contributed by atoms with Crippen LogP contribution in [0.2, 0.25) is 0 Å². The highest BCUT2D eigenvalue weighted by atomic mass is 32.1. The van der Waals surface area contributed by atoms with Crippen molar-refractivity contribution in [1.82, 2.24) is 5.32 Å². The van der Waals surface area contributed by atoms with Crippen molar-refractivity contribution in [2.75, 3.05) is 0 Å². The Hall–Kier alpha value is -4.24. The number of aliphatic imine (C=N–C) groups is 1. The van der Waals surface area contributed by atoms with Crippen molar-refractivity contribution in [2.24, 2.45) is 16.3 Å². The standard InChI is InChI=1S/C32H33N3O5S/c1-32(2,3)23-11-14-27-28(17-23)41-31(29(27)30(36)33-19-26-8-5-15-39-26)34-18-22-6-4-7-25(16-22)40-20-21-9-12-24(13-10-21)35(37)38/h4-10,12-13,15-16,18,23H,11,14,17,19-20H2,1-3H3,(H,33,36)/t23-/m0/s1. The molecule has 1 aliphatic carbocycles. The Morgan fingerprint density at radius 2 is 2.00 bits per heavy atom. The predicted octanol–water partition coefficient (Wildman–Crippen LogP) is 7.66. The number of ether oxygens (including phenoxy) is 1. The summed E-state index contributed by atoms with van der Waals surface area (Å²) in [6, 6.07) is 17.5. The SMILES string of the molecule is CC(C)(C)[C@H]1CCc2c(sc(N=Cc3cccc(OCc4ccc([N+](=O)[O-])cc4)c3)c2C(=O)NCc2ccco2)C1. The van der Waals surface area contributed by atoms with Gasteiger partial charge in [-0.15, -0.1) is 11.3 Å². The minimum atomic E-state index is -0.422. The minimum absolute atomic E-state index is 0.0464. The number of hydrogen-bond donors (Lipinski definition) is 1. The number of non-ortho nitro benzene ring substituents is 1. The molecule has 212 valence electrons. The van der Waals surface area contributed by atoms with E-state index in [9.17, 15) is 14.9 Å². The second kappa shape index (κ2) is 12.1. The number of nitrogens with one attached hydrogen (secondary N) is 1. The summed E-state index contributed by atoms with van der Waals surface area (Å²) < 4.78 is 11.3. The molecule has 0 saturated carbocycles. The number of amides is 1. The molecule has 0 radical (unpaired) electrons. The number of thiophene rings is 1. The van der Waals surface area contributed by atoms with Crippen molar-refractivity contribution in [2.45, 2.75) is 53.2 Å². The van der Waals surface area contributed by atoms with Crippen LogP contribution in [0.1, 0.15) is 64.9 Å². The van der Waals surface area contributed by atoms with Gasteiger partial charge in [-0.25, -0.2) is 4.99 Å². The average molecular weight is 572 g/mol. The van der Waals surface area contributed by atoms with Crippen LogP contribution in [0, 0.1) is 21.4 Å². The van der Waals surface area contributed by atoms with E-state index in [1.54, 1.807) is 42.0 Å². The maximum Gasteiger partial charge on any atom is 0.269 e. The molecule has 5 rings (SSSR count). The van der Waals surface area contributed by atoms with E-state index in [1.807, 2.05) is 30.3 Å². The smallest absolute Gasteiger partial charge is 0.269 e. The predicted molar refractivity (Wildman–Crippen MR) is 160 cm³/mol. The number of nitro benzene ring substituents is 1. The third kappa shape index (κ3) is 6.92. The van der Waals surface area contributed by atoms with E-state index in [0.717, 1.165) is 36.0 Å². The fraction of sp³-hybridized carbons (Fsp3) is 0.312. The summed E-state index contributed by atoms with van der Waals surface area (Å²) in [4.78, 5) is 29.9. The van der Waals surface area contributed by atoms with E-state index in [-0.39, 0.29) is 23.6 Å². The molecule has 0 aliphatic heterocycles. The highest BCUT2D eigenvalue weighted by Gasteiger charge is 2.33. The van der Waals surface area contributed by atoms with Gasteiger partial charge in [-0.05, 0) is 83.7 Å². The van der Waals surface area contributed by atoms with Gasteiger partial charge in [0, 0.05) is 23.2 Å². The summed E-state index contributed by atoms with van der Waals surface area (Å²) in [5.41, 5.74) is 3.68. The lowest BCUT2D eigenvalue weighted by molar-refractivity contribution is -0.384. The summed E-state index contributed by atoms with van der Waals surface area (Å²) in [7, 11) is 0. The zero-order valence-corrected chi connectivity index (χ0v) is 24.2. The lowest BCUT2D eigenvalue weighted by atomic mass is 9.72. The van der Waals surface area contributed by atoms with Gasteiger partial charge < -0.3 is 14.5 Å². The van der Waals surface area contributed by atoms with Crippen LogP contribution < -0.4 is 10.1 Å². The quantitative estimate of drug-likeness (QED) is 0.126. The van der Waals surface area contributed by atoms with Gasteiger partial charge in [0.1, 0.15) is 23.1 Å². The molecule has 1 aliphatic rings. The third-order valence-corrected chi connectivity index (χ3v) is 8.61. The Morgan fingerprint density at radius 3 is 2.71 bits per heavy atom. The molecule has 0 fully saturated rings. The summed E-state index contributed by atoms with van der Waals surface area (Å²) in [5.74, 6) is 1.77. The van der Waals surface area contributed by atoms with Gasteiger partial charge in [0.2, 0.25) is 0 Å². The van der Waals surface area contributed by atoms with E-state index in [0.29, 0.717) is 34.5 Å². The average Bonchev–Trinajstić information content (AvgIpc) is 3.61. The molecule has 1 atom stereocenters. The molecular formula is C32H33N3O5S. The summed E-state index contributed by atoms with van der Waals surface area (Å²) in [6.07, 6.45) is 6.21. The number of carbonyl (C=O) groups is 1. The van der Waals surface area contributed by atoms with Crippen molar-refractivity contribution >= 4 is 34.1 Å². The molecular weight excluding hydrogens is 538 g/mol. The first kappa shape index (κ1) is 28.3. The number of furan rings is 1. The highest BCUT2D eigenvalue weighted by Crippen LogP contribution is 2.45. The summed E-state index contributed by atoms with van der Waals surface area (Å²) >= 11 is 1.61. The number of benzene rings is 2. The van der Waals surface area contributed by atoms with Crippen LogP contribution >= 0.6 is 11.3 Å². The fourth-order valence-electron chi connectivity index (χ4n) is 5.00. The normalized spacial score (nSPS) is 15.0. The van der Waals surface area contributed by atoms with Crippen molar-refractivity contribution in [3.05, 3.63) is 110 Å². The molecule has 1 amide bonds. The van der Waals surface area contributed by atoms with E-state index < -0.39 is 4.92 Å². The summed E-state index contributed by atoms with van der Waals surface area (Å²) in [5, 5.41) is 14.6. The van der Waals surface area contributed by atoms with Gasteiger partial charge in [-0.3, -0.25) is 14.9 Å². The largest absolute Gasteiger partial charge is 0.489 e. The van der Waals surface area contributed by atoms with Crippen molar-refractivity contribution in [3.63, 3.8) is 0 Å². The molecule has 9 heteroatoms. The molecule has 41 heavy (non-hydrogen) atoms. The monoisotopic (exact) mass is 571 g/mol. The van der Waals surface area contributed by atoms with Crippen LogP contribution in [-0.2, 0) is 26.0 Å². The zero-order valence-electron chi connectivity index (χ0n) is 23.4. The minimum Gasteiger partial charge on any atom is -0.489 e. The van der Waals surface area contributed by atoms with Crippen LogP contribution in [0.15, 0.2) is 76.3 Å². The number of hydrogen-bond acceptors (Lipinski definition) is 7. The Kier molecular flexibility index (Phi) is 8.35. The van der Waals surface area contributed by atoms with Crippen LogP contribution in [-0.4, -0.2) is 17.0 Å². The lowest BCUT2D eigenvalue weighted by Gasteiger charge is -2.33. The number of nitrogens with zero attached hydrogens (tertiary/aromatic N) is 2. The van der Waals surface area contributed by atoms with E-state index >= 15 is 0 Å². The zero-order chi connectivity index (χ0) is 29.0. The van der Waals surface area contributed by atoms with Gasteiger partial charge in [0.15, 0.2) is 0 Å². The molecule has 2 aromatic heterocycles. The van der Waals surface area contributed by atoms with Crippen LogP contribution in [0.25, 0.3) is 0 Å². The van der Waals surface area contributed by atoms with Crippen LogP contribution in [0.5, 0.6) is 5.75 Å². The number of nitro groups is 1. The Bertz CT molecular complexity index is 1550. The number of fused-ring (bicyclic) bond motifs is 1. The molecule has 2 heterocycles. The van der Waals surface area contributed by atoms with Crippen LogP contribution in [0.4, 0.5) is 10.7 Å². The van der Waals surface area contributed by atoms with Gasteiger partial charge in [-0.2, -0.15) is 0 Å². The van der Waals surface area contributed by atoms with Gasteiger partial charge in [0.25, 0.3) is 11.6 Å². The Morgan fingerprint density at radius 1 is 1.20 bits per heavy atom. The Balaban J connectivity index is 1.35. The van der Waals surface area contributed by atoms with Crippen molar-refractivity contribution in [3.8, 4) is 5.75 Å². The highest BCUT2D eigenvalue weighted by molar-refractivity contribution is 7.16. The van der Waals surface area contributed by atoms with Crippen LogP contribution in [0.3, 0.4) is 0 Å².